The second-order valence-corrected chi connectivity index (χ2v) is 5.99. The fourth-order valence-corrected chi connectivity index (χ4v) is 3.15. The molecule has 3 fully saturated rings. The Bertz CT molecular complexity index is 581. The van der Waals surface area contributed by atoms with Crippen LogP contribution in [0, 0.1) is 5.92 Å². The van der Waals surface area contributed by atoms with Gasteiger partial charge in [0.25, 0.3) is 5.91 Å². The van der Waals surface area contributed by atoms with Crippen LogP contribution in [-0.4, -0.2) is 47.6 Å². The molecule has 1 aliphatic carbocycles. The lowest BCUT2D eigenvalue weighted by Crippen LogP contribution is -2.57. The molecule has 1 N–H and O–H groups in total. The summed E-state index contributed by atoms with van der Waals surface area (Å²) in [6, 6.07) is 0.107. The molecule has 0 bridgehead atoms. The number of aromatic nitrogens is 1. The molecule has 4 rings (SSSR count). The molecule has 3 heterocycles. The number of rotatable bonds is 2. The molecule has 0 aromatic carbocycles. The monoisotopic (exact) mass is 291 g/mol. The molecule has 1 saturated carbocycles. The van der Waals surface area contributed by atoms with Gasteiger partial charge < -0.3 is 19.4 Å². The van der Waals surface area contributed by atoms with Gasteiger partial charge in [0.2, 0.25) is 0 Å². The molecular formula is C14H17N3O4. The third-order valence-electron chi connectivity index (χ3n) is 4.50. The molecule has 7 heteroatoms. The Morgan fingerprint density at radius 1 is 1.38 bits per heavy atom. The van der Waals surface area contributed by atoms with Crippen molar-refractivity contribution in [2.45, 2.75) is 31.2 Å². The number of nitrogens with one attached hydrogen (secondary N) is 1. The second kappa shape index (κ2) is 4.75. The topological polar surface area (TPSA) is 84.7 Å². The van der Waals surface area contributed by atoms with E-state index in [1.165, 1.54) is 6.39 Å². The summed E-state index contributed by atoms with van der Waals surface area (Å²) >= 11 is 0. The molecule has 2 aliphatic heterocycles. The maximum atomic E-state index is 12.6. The lowest BCUT2D eigenvalue weighted by molar-refractivity contribution is 0.0320. The van der Waals surface area contributed by atoms with Crippen molar-refractivity contribution in [3.63, 3.8) is 0 Å². The van der Waals surface area contributed by atoms with E-state index in [-0.39, 0.29) is 24.0 Å². The zero-order chi connectivity index (χ0) is 14.4. The lowest BCUT2D eigenvalue weighted by atomic mass is 9.91. The number of fused-ring (bicyclic) bond motifs is 1. The smallest absolute Gasteiger partial charge is 0.407 e. The van der Waals surface area contributed by atoms with Crippen LogP contribution in [0.1, 0.15) is 41.4 Å². The molecule has 21 heavy (non-hydrogen) atoms. The van der Waals surface area contributed by atoms with Gasteiger partial charge in [0, 0.05) is 31.0 Å². The van der Waals surface area contributed by atoms with Gasteiger partial charge in [0.05, 0.1) is 6.61 Å². The van der Waals surface area contributed by atoms with Crippen LogP contribution in [0.15, 0.2) is 10.8 Å². The van der Waals surface area contributed by atoms with Gasteiger partial charge in [0.1, 0.15) is 5.76 Å². The second-order valence-electron chi connectivity index (χ2n) is 5.99. The average Bonchev–Trinajstić information content (AvgIpc) is 3.23. The molecule has 112 valence electrons. The van der Waals surface area contributed by atoms with E-state index in [1.807, 2.05) is 0 Å². The fraction of sp³-hybridized carbons (Fsp3) is 0.643. The molecular weight excluding hydrogens is 274 g/mol. The number of alkyl carbamates (subject to hydrolysis) is 1. The molecule has 0 unspecified atom stereocenters. The summed E-state index contributed by atoms with van der Waals surface area (Å²) in [6.45, 7) is 1.58. The normalized spacial score (nSPS) is 28.6. The number of carbonyl (C=O) groups is 2. The number of hydrogen-bond donors (Lipinski definition) is 1. The molecule has 2 saturated heterocycles. The van der Waals surface area contributed by atoms with Crippen LogP contribution in [0.25, 0.3) is 0 Å². The quantitative estimate of drug-likeness (QED) is 0.882. The van der Waals surface area contributed by atoms with Crippen LogP contribution in [0.2, 0.25) is 0 Å². The zero-order valence-electron chi connectivity index (χ0n) is 11.6. The molecule has 0 radical (unpaired) electrons. The SMILES string of the molecule is O=C1N[C@H]2CCN(C(=O)c3ncoc3C3CC3)C[C@@H]2CO1. The van der Waals surface area contributed by atoms with Crippen LogP contribution < -0.4 is 5.32 Å². The van der Waals surface area contributed by atoms with Crippen molar-refractivity contribution in [1.29, 1.82) is 0 Å². The summed E-state index contributed by atoms with van der Waals surface area (Å²) in [5, 5.41) is 2.82. The van der Waals surface area contributed by atoms with Crippen LogP contribution in [0.4, 0.5) is 4.79 Å². The molecule has 2 atom stereocenters. The Morgan fingerprint density at radius 3 is 3.05 bits per heavy atom. The van der Waals surface area contributed by atoms with Crippen LogP contribution in [-0.2, 0) is 4.74 Å². The van der Waals surface area contributed by atoms with Crippen molar-refractivity contribution in [1.82, 2.24) is 15.2 Å². The highest BCUT2D eigenvalue weighted by Crippen LogP contribution is 2.41. The molecule has 1 aromatic heterocycles. The van der Waals surface area contributed by atoms with Gasteiger partial charge in [-0.25, -0.2) is 9.78 Å². The Labute approximate surface area is 121 Å². The number of carbonyl (C=O) groups excluding carboxylic acids is 2. The lowest BCUT2D eigenvalue weighted by Gasteiger charge is -2.40. The summed E-state index contributed by atoms with van der Waals surface area (Å²) in [4.78, 5) is 29.7. The van der Waals surface area contributed by atoms with Crippen molar-refractivity contribution in [3.05, 3.63) is 17.8 Å². The van der Waals surface area contributed by atoms with Crippen LogP contribution in [0.5, 0.6) is 0 Å². The van der Waals surface area contributed by atoms with Gasteiger partial charge >= 0.3 is 6.09 Å². The molecule has 2 amide bonds. The molecule has 3 aliphatic rings. The zero-order valence-corrected chi connectivity index (χ0v) is 11.6. The van der Waals surface area contributed by atoms with Gasteiger partial charge in [-0.05, 0) is 19.3 Å². The maximum Gasteiger partial charge on any atom is 0.407 e. The number of likely N-dealkylation sites (tertiary alicyclic amines) is 1. The minimum Gasteiger partial charge on any atom is -0.449 e. The molecule has 1 aromatic rings. The third-order valence-corrected chi connectivity index (χ3v) is 4.50. The first-order valence-electron chi connectivity index (χ1n) is 7.38. The van der Waals surface area contributed by atoms with E-state index in [2.05, 4.69) is 10.3 Å². The van der Waals surface area contributed by atoms with E-state index < -0.39 is 0 Å². The van der Waals surface area contributed by atoms with E-state index in [9.17, 15) is 9.59 Å². The minimum atomic E-state index is -0.358. The van der Waals surface area contributed by atoms with E-state index in [1.54, 1.807) is 4.90 Å². The number of hydrogen-bond acceptors (Lipinski definition) is 5. The standard InChI is InChI=1S/C14H17N3O4/c18-13(11-12(8-1-2-8)21-7-15-11)17-4-3-10-9(5-17)6-20-14(19)16-10/h7-10H,1-6H2,(H,16,19)/t9-,10+/m1/s1. The molecule has 7 nitrogen and oxygen atoms in total. The van der Waals surface area contributed by atoms with Gasteiger partial charge in [-0.15, -0.1) is 0 Å². The Kier molecular flexibility index (Phi) is 2.87. The van der Waals surface area contributed by atoms with Gasteiger partial charge in [-0.2, -0.15) is 0 Å². The molecule has 0 spiro atoms. The Morgan fingerprint density at radius 2 is 2.24 bits per heavy atom. The Balaban J connectivity index is 1.48. The summed E-state index contributed by atoms with van der Waals surface area (Å²) in [5.74, 6) is 1.18. The first-order valence-corrected chi connectivity index (χ1v) is 7.38. The highest BCUT2D eigenvalue weighted by molar-refractivity contribution is 5.93. The predicted molar refractivity (Wildman–Crippen MR) is 70.8 cm³/mol. The fourth-order valence-electron chi connectivity index (χ4n) is 3.15. The largest absolute Gasteiger partial charge is 0.449 e. The van der Waals surface area contributed by atoms with Crippen LogP contribution in [0.3, 0.4) is 0 Å². The number of amides is 2. The van der Waals surface area contributed by atoms with Gasteiger partial charge in [0.15, 0.2) is 12.1 Å². The number of cyclic esters (lactones) is 1. The highest BCUT2D eigenvalue weighted by atomic mass is 16.6. The number of piperidine rings is 1. The third kappa shape index (κ3) is 2.26. The predicted octanol–water partition coefficient (Wildman–Crippen LogP) is 1.12. The first-order chi connectivity index (χ1) is 10.2. The van der Waals surface area contributed by atoms with Gasteiger partial charge in [-0.3, -0.25) is 4.79 Å². The van der Waals surface area contributed by atoms with E-state index in [0.29, 0.717) is 31.3 Å². The number of ether oxygens (including phenoxy) is 1. The maximum absolute atomic E-state index is 12.6. The summed E-state index contributed by atoms with van der Waals surface area (Å²) in [7, 11) is 0. The van der Waals surface area contributed by atoms with Crippen molar-refractivity contribution >= 4 is 12.0 Å². The van der Waals surface area contributed by atoms with Crippen LogP contribution >= 0.6 is 0 Å². The average molecular weight is 291 g/mol. The highest BCUT2D eigenvalue weighted by Gasteiger charge is 2.39. The summed E-state index contributed by atoms with van der Waals surface area (Å²) < 4.78 is 10.4. The van der Waals surface area contributed by atoms with E-state index >= 15 is 0 Å². The number of oxazole rings is 1. The number of nitrogens with zero attached hydrogens (tertiary/aromatic N) is 2. The minimum absolute atomic E-state index is 0.0685. The van der Waals surface area contributed by atoms with Crippen molar-refractivity contribution in [2.24, 2.45) is 5.92 Å². The Hall–Kier alpha value is -2.05. The van der Waals surface area contributed by atoms with E-state index in [0.717, 1.165) is 25.0 Å². The van der Waals surface area contributed by atoms with Crippen molar-refractivity contribution in [2.75, 3.05) is 19.7 Å². The van der Waals surface area contributed by atoms with Gasteiger partial charge in [-0.1, -0.05) is 0 Å². The summed E-state index contributed by atoms with van der Waals surface area (Å²) in [5.41, 5.74) is 0.455. The van der Waals surface area contributed by atoms with E-state index in [4.69, 9.17) is 9.15 Å². The van der Waals surface area contributed by atoms with Crippen molar-refractivity contribution < 1.29 is 18.7 Å². The van der Waals surface area contributed by atoms with Crippen molar-refractivity contribution in [3.8, 4) is 0 Å². The summed E-state index contributed by atoms with van der Waals surface area (Å²) in [6.07, 6.45) is 3.89. The first kappa shape index (κ1) is 12.7.